The molecule has 0 bridgehead atoms. The minimum absolute atomic E-state index is 0.0157. The van der Waals surface area contributed by atoms with Gasteiger partial charge >= 0.3 is 6.18 Å². The highest BCUT2D eigenvalue weighted by molar-refractivity contribution is 6.00. The SMILES string of the molecule is CCCc1cc(C2CCCN2C(=O)c2cnn3c(C(F)(F)F)cc(-c4ccco4)nc23)no1. The van der Waals surface area contributed by atoms with Crippen molar-refractivity contribution in [3.05, 3.63) is 59.4 Å². The predicted octanol–water partition coefficient (Wildman–Crippen LogP) is 4.93. The van der Waals surface area contributed by atoms with Gasteiger partial charge in [-0.15, -0.1) is 0 Å². The zero-order chi connectivity index (χ0) is 23.2. The lowest BCUT2D eigenvalue weighted by molar-refractivity contribution is -0.142. The van der Waals surface area contributed by atoms with Crippen molar-refractivity contribution >= 4 is 11.6 Å². The average molecular weight is 459 g/mol. The van der Waals surface area contributed by atoms with Gasteiger partial charge in [0.1, 0.15) is 22.7 Å². The van der Waals surface area contributed by atoms with Crippen LogP contribution < -0.4 is 0 Å². The number of aryl methyl sites for hydroxylation is 1. The van der Waals surface area contributed by atoms with Crippen LogP contribution in [0, 0.1) is 0 Å². The lowest BCUT2D eigenvalue weighted by atomic mass is 10.1. The summed E-state index contributed by atoms with van der Waals surface area (Å²) >= 11 is 0. The zero-order valence-corrected chi connectivity index (χ0v) is 17.7. The molecule has 0 spiro atoms. The first-order valence-corrected chi connectivity index (χ1v) is 10.6. The Hall–Kier alpha value is -3.63. The Morgan fingerprint density at radius 2 is 2.15 bits per heavy atom. The van der Waals surface area contributed by atoms with E-state index in [1.807, 2.05) is 13.0 Å². The number of amides is 1. The van der Waals surface area contributed by atoms with Gasteiger partial charge in [0.2, 0.25) is 0 Å². The standard InChI is InChI=1S/C22H20F3N5O3/c1-2-5-13-10-15(28-33-13)17-6-3-8-29(17)21(31)14-12-26-30-19(22(23,24)25)11-16(27-20(14)30)18-7-4-9-32-18/h4,7,9-12,17H,2-3,5-6,8H2,1H3. The van der Waals surface area contributed by atoms with E-state index in [-0.39, 0.29) is 28.7 Å². The molecule has 1 fully saturated rings. The molecule has 172 valence electrons. The Balaban J connectivity index is 1.56. The number of nitrogens with zero attached hydrogens (tertiary/aromatic N) is 5. The van der Waals surface area contributed by atoms with E-state index in [1.165, 1.54) is 12.3 Å². The molecule has 0 N–H and O–H groups in total. The number of carbonyl (C=O) groups excluding carboxylic acids is 1. The van der Waals surface area contributed by atoms with Crippen molar-refractivity contribution in [3.63, 3.8) is 0 Å². The van der Waals surface area contributed by atoms with E-state index < -0.39 is 17.8 Å². The Morgan fingerprint density at radius 1 is 1.30 bits per heavy atom. The largest absolute Gasteiger partial charge is 0.463 e. The monoisotopic (exact) mass is 459 g/mol. The van der Waals surface area contributed by atoms with Crippen LogP contribution in [0.2, 0.25) is 0 Å². The Morgan fingerprint density at radius 3 is 2.88 bits per heavy atom. The third kappa shape index (κ3) is 3.77. The quantitative estimate of drug-likeness (QED) is 0.421. The van der Waals surface area contributed by atoms with Gasteiger partial charge in [-0.25, -0.2) is 9.50 Å². The molecule has 1 unspecified atom stereocenters. The number of hydrogen-bond acceptors (Lipinski definition) is 6. The molecule has 4 aromatic rings. The summed E-state index contributed by atoms with van der Waals surface area (Å²) < 4.78 is 52.6. The lowest BCUT2D eigenvalue weighted by Gasteiger charge is -2.22. The molecule has 8 nitrogen and oxygen atoms in total. The molecule has 1 aliphatic heterocycles. The second-order valence-electron chi connectivity index (χ2n) is 7.92. The van der Waals surface area contributed by atoms with Gasteiger partial charge in [0.05, 0.1) is 18.5 Å². The maximum Gasteiger partial charge on any atom is 0.433 e. The summed E-state index contributed by atoms with van der Waals surface area (Å²) in [6.45, 7) is 2.47. The van der Waals surface area contributed by atoms with Gasteiger partial charge in [0.25, 0.3) is 5.91 Å². The fraction of sp³-hybridized carbons (Fsp3) is 0.364. The highest BCUT2D eigenvalue weighted by Crippen LogP contribution is 2.36. The van der Waals surface area contributed by atoms with E-state index in [4.69, 9.17) is 8.94 Å². The molecular formula is C22H20F3N5O3. The Bertz CT molecular complexity index is 1290. The summed E-state index contributed by atoms with van der Waals surface area (Å²) in [5.41, 5.74) is -0.637. The zero-order valence-electron chi connectivity index (χ0n) is 17.7. The molecule has 0 aliphatic carbocycles. The maximum absolute atomic E-state index is 13.8. The van der Waals surface area contributed by atoms with Gasteiger partial charge in [-0.3, -0.25) is 4.79 Å². The summed E-state index contributed by atoms with van der Waals surface area (Å²) in [7, 11) is 0. The highest BCUT2D eigenvalue weighted by atomic mass is 19.4. The number of aromatic nitrogens is 4. The first-order chi connectivity index (χ1) is 15.9. The average Bonchev–Trinajstić information content (AvgIpc) is 3.58. The fourth-order valence-corrected chi connectivity index (χ4v) is 4.19. The number of hydrogen-bond donors (Lipinski definition) is 0. The fourth-order valence-electron chi connectivity index (χ4n) is 4.19. The Kier molecular flexibility index (Phi) is 5.18. The molecule has 1 aliphatic rings. The van der Waals surface area contributed by atoms with Gasteiger partial charge in [-0.1, -0.05) is 12.1 Å². The number of likely N-dealkylation sites (tertiary alicyclic amines) is 1. The second-order valence-corrected chi connectivity index (χ2v) is 7.92. The molecule has 4 aromatic heterocycles. The van der Waals surface area contributed by atoms with Crippen molar-refractivity contribution in [3.8, 4) is 11.5 Å². The van der Waals surface area contributed by atoms with E-state index in [9.17, 15) is 18.0 Å². The van der Waals surface area contributed by atoms with Gasteiger partial charge in [0.15, 0.2) is 17.1 Å². The molecule has 33 heavy (non-hydrogen) atoms. The number of fused-ring (bicyclic) bond motifs is 1. The molecule has 1 amide bonds. The third-order valence-corrected chi connectivity index (χ3v) is 5.69. The van der Waals surface area contributed by atoms with Crippen molar-refractivity contribution in [1.82, 2.24) is 24.7 Å². The molecule has 0 aromatic carbocycles. The lowest BCUT2D eigenvalue weighted by Crippen LogP contribution is -2.30. The van der Waals surface area contributed by atoms with E-state index in [2.05, 4.69) is 15.2 Å². The summed E-state index contributed by atoms with van der Waals surface area (Å²) in [5, 5.41) is 7.97. The second kappa shape index (κ2) is 8.05. The minimum atomic E-state index is -4.71. The molecule has 5 rings (SSSR count). The van der Waals surface area contributed by atoms with Crippen LogP contribution in [0.1, 0.15) is 59.7 Å². The summed E-state index contributed by atoms with van der Waals surface area (Å²) in [4.78, 5) is 19.4. The summed E-state index contributed by atoms with van der Waals surface area (Å²) in [6.07, 6.45) is 0.827. The number of rotatable bonds is 5. The molecular weight excluding hydrogens is 439 g/mol. The van der Waals surface area contributed by atoms with Crippen LogP contribution in [0.5, 0.6) is 0 Å². The molecule has 0 radical (unpaired) electrons. The minimum Gasteiger partial charge on any atom is -0.463 e. The molecule has 1 atom stereocenters. The van der Waals surface area contributed by atoms with E-state index in [0.29, 0.717) is 23.2 Å². The molecule has 11 heteroatoms. The van der Waals surface area contributed by atoms with Crippen LogP contribution in [0.4, 0.5) is 13.2 Å². The topological polar surface area (TPSA) is 89.7 Å². The maximum atomic E-state index is 13.8. The Labute approximate surface area is 186 Å². The van der Waals surface area contributed by atoms with Gasteiger partial charge < -0.3 is 13.8 Å². The van der Waals surface area contributed by atoms with Crippen molar-refractivity contribution in [2.45, 2.75) is 44.8 Å². The number of halogens is 3. The normalized spacial score (nSPS) is 16.7. The van der Waals surface area contributed by atoms with Gasteiger partial charge in [-0.05, 0) is 37.5 Å². The summed E-state index contributed by atoms with van der Waals surface area (Å²) in [6, 6.07) is 5.43. The van der Waals surface area contributed by atoms with Crippen molar-refractivity contribution in [2.75, 3.05) is 6.54 Å². The molecule has 0 saturated carbocycles. The van der Waals surface area contributed by atoms with Crippen molar-refractivity contribution < 1.29 is 26.9 Å². The summed E-state index contributed by atoms with van der Waals surface area (Å²) in [5.74, 6) is 0.444. The molecule has 1 saturated heterocycles. The van der Waals surface area contributed by atoms with E-state index >= 15 is 0 Å². The van der Waals surface area contributed by atoms with E-state index in [0.717, 1.165) is 37.3 Å². The molecule has 5 heterocycles. The van der Waals surface area contributed by atoms with Crippen LogP contribution in [0.3, 0.4) is 0 Å². The highest BCUT2D eigenvalue weighted by Gasteiger charge is 2.38. The van der Waals surface area contributed by atoms with Crippen molar-refractivity contribution in [1.29, 1.82) is 0 Å². The third-order valence-electron chi connectivity index (χ3n) is 5.69. The smallest absolute Gasteiger partial charge is 0.433 e. The predicted molar refractivity (Wildman–Crippen MR) is 109 cm³/mol. The van der Waals surface area contributed by atoms with Crippen molar-refractivity contribution in [2.24, 2.45) is 0 Å². The first kappa shape index (κ1) is 21.2. The van der Waals surface area contributed by atoms with Crippen LogP contribution in [-0.4, -0.2) is 37.1 Å². The first-order valence-electron chi connectivity index (χ1n) is 10.6. The van der Waals surface area contributed by atoms with Gasteiger partial charge in [0, 0.05) is 19.0 Å². The van der Waals surface area contributed by atoms with Crippen LogP contribution >= 0.6 is 0 Å². The van der Waals surface area contributed by atoms with Crippen LogP contribution in [0.25, 0.3) is 17.1 Å². The number of carbonyl (C=O) groups is 1. The van der Waals surface area contributed by atoms with Crippen LogP contribution in [-0.2, 0) is 12.6 Å². The van der Waals surface area contributed by atoms with E-state index in [1.54, 1.807) is 11.0 Å². The van der Waals surface area contributed by atoms with Gasteiger partial charge in [-0.2, -0.15) is 18.3 Å². The number of furan rings is 1. The van der Waals surface area contributed by atoms with Crippen LogP contribution in [0.15, 0.2) is 45.7 Å². The number of alkyl halides is 3.